The van der Waals surface area contributed by atoms with Crippen molar-refractivity contribution in [2.45, 2.75) is 69.6 Å². The third-order valence-corrected chi connectivity index (χ3v) is 16.0. The molecule has 7 unspecified atom stereocenters. The number of hydrogen-bond acceptors (Lipinski definition) is 12. The zero-order chi connectivity index (χ0) is 50.2. The number of carbonyl (C=O) groups is 1. The molecule has 70 heavy (non-hydrogen) atoms. The minimum absolute atomic E-state index is 0.00412. The van der Waals surface area contributed by atoms with Crippen molar-refractivity contribution in [3.63, 3.8) is 0 Å². The fraction of sp³-hybridized carbons (Fsp3) is 0.431. The lowest BCUT2D eigenvalue weighted by Crippen LogP contribution is -2.60. The summed E-state index contributed by atoms with van der Waals surface area (Å²) in [4.78, 5) is 52.7. The smallest absolute Gasteiger partial charge is 0.466 e. The molecule has 19 heteroatoms. The number of nitrogens with zero attached hydrogens (tertiary/aromatic N) is 4. The monoisotopic (exact) mass is 1020 g/mol. The van der Waals surface area contributed by atoms with E-state index >= 15 is 0 Å². The summed E-state index contributed by atoms with van der Waals surface area (Å²) in [6.45, 7) is 9.74. The van der Waals surface area contributed by atoms with Gasteiger partial charge in [0, 0.05) is 58.6 Å². The lowest BCUT2D eigenvalue weighted by Gasteiger charge is -2.40. The summed E-state index contributed by atoms with van der Waals surface area (Å²) in [6.07, 6.45) is 5.71. The molecule has 4 aromatic rings. The van der Waals surface area contributed by atoms with Crippen LogP contribution >= 0.6 is 24.1 Å². The molecule has 0 bridgehead atoms. The van der Waals surface area contributed by atoms with E-state index in [-0.39, 0.29) is 77.4 Å². The van der Waals surface area contributed by atoms with Crippen molar-refractivity contribution in [2.75, 3.05) is 72.2 Å². The van der Waals surface area contributed by atoms with Gasteiger partial charge in [0.2, 0.25) is 0 Å². The van der Waals surface area contributed by atoms with Crippen molar-refractivity contribution in [2.24, 2.45) is 0 Å². The minimum Gasteiger partial charge on any atom is -0.466 e. The highest BCUT2D eigenvalue weighted by atomic mass is 31.1. The molecule has 3 aliphatic rings. The van der Waals surface area contributed by atoms with Crippen molar-refractivity contribution in [1.82, 2.24) is 24.9 Å². The van der Waals surface area contributed by atoms with Crippen LogP contribution in [-0.2, 0) is 47.2 Å². The van der Waals surface area contributed by atoms with E-state index in [0.717, 1.165) is 22.3 Å². The Balaban J connectivity index is 0.000000417. The van der Waals surface area contributed by atoms with Crippen LogP contribution in [0.15, 0.2) is 139 Å². The molecular weight excluding hydrogens is 952 g/mol. The van der Waals surface area contributed by atoms with Gasteiger partial charge in [-0.1, -0.05) is 109 Å². The van der Waals surface area contributed by atoms with Gasteiger partial charge in [0.1, 0.15) is 5.75 Å². The molecule has 7 rings (SSSR count). The number of rotatable bonds is 18. The summed E-state index contributed by atoms with van der Waals surface area (Å²) >= 11 is 0. The summed E-state index contributed by atoms with van der Waals surface area (Å²) < 4.78 is 65.4. The van der Waals surface area contributed by atoms with Crippen molar-refractivity contribution < 1.29 is 52.1 Å². The third kappa shape index (κ3) is 13.3. The predicted octanol–water partition coefficient (Wildman–Crippen LogP) is 7.82. The highest BCUT2D eigenvalue weighted by Crippen LogP contribution is 2.47. The number of allylic oxidation sites excluding steroid dienone is 2. The average Bonchev–Trinajstić information content (AvgIpc) is 3.35. The van der Waals surface area contributed by atoms with Gasteiger partial charge in [-0.05, 0) is 81.9 Å². The number of para-hydroxylation sites is 1. The SMILES string of the molecule is CC1=CN2C(=O)c3ccccc3OC2C=C1.CCOC(Cc1ccccc1)(N1CCNCCN(C(Cc2ccccc2)(OCC)[P+](=O)O)CCN(C(Cc2ccccc2)(OCC)[P+](=O)O)CC1)[P+](=O)O. The zero-order valence-corrected chi connectivity index (χ0v) is 43.1. The molecule has 1 fully saturated rings. The Morgan fingerprint density at radius 2 is 0.957 bits per heavy atom. The van der Waals surface area contributed by atoms with Crippen LogP contribution in [0.4, 0.5) is 0 Å². The molecule has 0 spiro atoms. The first kappa shape index (κ1) is 54.9. The van der Waals surface area contributed by atoms with Gasteiger partial charge in [-0.25, -0.2) is 14.7 Å². The maximum atomic E-state index is 13.8. The van der Waals surface area contributed by atoms with Gasteiger partial charge < -0.3 is 24.3 Å². The number of amides is 1. The molecule has 1 amide bonds. The molecule has 1 saturated heterocycles. The van der Waals surface area contributed by atoms with Gasteiger partial charge in [-0.3, -0.25) is 9.69 Å². The summed E-state index contributed by atoms with van der Waals surface area (Å²) in [7, 11) is -8.87. The first-order valence-corrected chi connectivity index (χ1v) is 27.4. The third-order valence-electron chi connectivity index (χ3n) is 12.5. The highest BCUT2D eigenvalue weighted by Gasteiger charge is 2.60. The lowest BCUT2D eigenvalue weighted by atomic mass is 10.1. The molecular formula is C51H67N5O11P3+3. The van der Waals surface area contributed by atoms with E-state index in [0.29, 0.717) is 37.5 Å². The van der Waals surface area contributed by atoms with Crippen LogP contribution in [0.2, 0.25) is 0 Å². The first-order valence-electron chi connectivity index (χ1n) is 23.8. The van der Waals surface area contributed by atoms with Crippen LogP contribution in [0.5, 0.6) is 5.75 Å². The molecule has 3 heterocycles. The largest absolute Gasteiger partial charge is 0.559 e. The molecule has 3 aliphatic heterocycles. The van der Waals surface area contributed by atoms with Gasteiger partial charge in [-0.2, -0.15) is 14.7 Å². The predicted molar refractivity (Wildman–Crippen MR) is 270 cm³/mol. The Labute approximate surface area is 414 Å². The maximum absolute atomic E-state index is 13.8. The van der Waals surface area contributed by atoms with E-state index < -0.39 is 40.5 Å². The molecule has 0 radical (unpaired) electrons. The molecule has 4 aromatic carbocycles. The number of nitrogens with one attached hydrogen (secondary N) is 1. The maximum Gasteiger partial charge on any atom is 0.559 e. The average molecular weight is 1020 g/mol. The van der Waals surface area contributed by atoms with Crippen molar-refractivity contribution in [3.8, 4) is 5.75 Å². The Morgan fingerprint density at radius 1 is 0.586 bits per heavy atom. The second-order valence-corrected chi connectivity index (χ2v) is 20.7. The molecule has 4 N–H and O–H groups in total. The van der Waals surface area contributed by atoms with Crippen LogP contribution in [-0.4, -0.2) is 135 Å². The molecule has 0 aliphatic carbocycles. The summed E-state index contributed by atoms with van der Waals surface area (Å²) in [5.74, 6) is 0.655. The van der Waals surface area contributed by atoms with E-state index in [4.69, 9.17) is 18.9 Å². The molecule has 16 nitrogen and oxygen atoms in total. The number of fused-ring (bicyclic) bond motifs is 2. The summed E-state index contributed by atoms with van der Waals surface area (Å²) in [5, 5.41) is 3.44. The van der Waals surface area contributed by atoms with Crippen molar-refractivity contribution >= 4 is 30.0 Å². The quantitative estimate of drug-likeness (QED) is 0.0706. The Morgan fingerprint density at radius 3 is 1.34 bits per heavy atom. The minimum atomic E-state index is -3.02. The number of hydrogen-bond donors (Lipinski definition) is 4. The molecule has 0 saturated carbocycles. The van der Waals surface area contributed by atoms with Crippen molar-refractivity contribution in [3.05, 3.63) is 161 Å². The van der Waals surface area contributed by atoms with E-state index in [2.05, 4.69) is 5.32 Å². The summed E-state index contributed by atoms with van der Waals surface area (Å²) in [5.41, 5.74) is -0.807. The van der Waals surface area contributed by atoms with Gasteiger partial charge in [-0.15, -0.1) is 0 Å². The number of benzene rings is 4. The van der Waals surface area contributed by atoms with Gasteiger partial charge in [0.05, 0.1) is 44.6 Å². The van der Waals surface area contributed by atoms with Crippen LogP contribution < -0.4 is 10.1 Å². The van der Waals surface area contributed by atoms with Crippen LogP contribution in [0.3, 0.4) is 0 Å². The molecule has 7 atom stereocenters. The van der Waals surface area contributed by atoms with E-state index in [9.17, 15) is 33.2 Å². The van der Waals surface area contributed by atoms with Crippen LogP contribution in [0, 0.1) is 0 Å². The number of ether oxygens (including phenoxy) is 4. The highest BCUT2D eigenvalue weighted by molar-refractivity contribution is 7.40. The second kappa shape index (κ2) is 26.3. The van der Waals surface area contributed by atoms with Crippen molar-refractivity contribution in [1.29, 1.82) is 0 Å². The Hall–Kier alpha value is -4.47. The fourth-order valence-electron chi connectivity index (χ4n) is 9.14. The second-order valence-electron chi connectivity index (χ2n) is 17.0. The topological polar surface area (TPSA) is 191 Å². The fourth-order valence-corrected chi connectivity index (χ4v) is 12.1. The van der Waals surface area contributed by atoms with Crippen LogP contribution in [0.25, 0.3) is 0 Å². The Bertz CT molecular complexity index is 2340. The van der Waals surface area contributed by atoms with E-state index in [1.807, 2.05) is 149 Å². The van der Waals surface area contributed by atoms with Gasteiger partial charge in [0.25, 0.3) is 5.91 Å². The Kier molecular flexibility index (Phi) is 20.6. The first-order chi connectivity index (χ1) is 33.8. The normalized spacial score (nSPS) is 20.5. The molecule has 0 aromatic heterocycles. The number of carbonyl (C=O) groups excluding carboxylic acids is 1. The standard InChI is InChI=1S/C38H53N4O9P3.C13H11NO2/c1-4-49-36(52(43)44,30-33-16-10-7-11-17-33)40-24-22-39-23-25-41(37(50-5-2,53(45)46)31-34-18-12-8-13-19-34)27-29-42(28-26-40)38(51-6-3,54(47)48)32-35-20-14-9-15-21-35;1-9-6-7-12-14(8-9)13(15)10-4-2-3-5-11(10)16-12/h7-21,39H,4-6,22-32H2,1-3H3;2-8,12H,1H3/p+3. The zero-order valence-electron chi connectivity index (χ0n) is 40.4. The van der Waals surface area contributed by atoms with Gasteiger partial charge >= 0.3 is 40.5 Å². The molecule has 374 valence electrons. The van der Waals surface area contributed by atoms with Crippen LogP contribution in [0.1, 0.15) is 54.7 Å². The van der Waals surface area contributed by atoms with Gasteiger partial charge in [0.15, 0.2) is 6.23 Å². The summed E-state index contributed by atoms with van der Waals surface area (Å²) in [6, 6.07) is 35.5. The van der Waals surface area contributed by atoms with E-state index in [1.165, 1.54) is 0 Å². The lowest BCUT2D eigenvalue weighted by molar-refractivity contribution is -0.131. The van der Waals surface area contributed by atoms with E-state index in [1.54, 1.807) is 31.7 Å².